The Balaban J connectivity index is 2.06. The molecule has 16 heavy (non-hydrogen) atoms. The number of nitrogens with one attached hydrogen (secondary N) is 2. The minimum atomic E-state index is 0.502. The number of nitriles is 1. The molecule has 0 bridgehead atoms. The van der Waals surface area contributed by atoms with Crippen molar-refractivity contribution in [2.24, 2.45) is 0 Å². The van der Waals surface area contributed by atoms with Crippen molar-refractivity contribution >= 4 is 5.69 Å². The molecule has 0 unspecified atom stereocenters. The Bertz CT molecular complexity index is 511. The highest BCUT2D eigenvalue weighted by Gasteiger charge is 2.00. The Labute approximate surface area is 92.3 Å². The Morgan fingerprint density at radius 3 is 3.00 bits per heavy atom. The van der Waals surface area contributed by atoms with E-state index in [1.165, 1.54) is 0 Å². The summed E-state index contributed by atoms with van der Waals surface area (Å²) in [5, 5.41) is 25.4. The van der Waals surface area contributed by atoms with Gasteiger partial charge in [-0.2, -0.15) is 10.5 Å². The van der Waals surface area contributed by atoms with Crippen LogP contribution in [-0.2, 0) is 6.54 Å². The van der Waals surface area contributed by atoms with Crippen LogP contribution in [0, 0.1) is 18.3 Å². The van der Waals surface area contributed by atoms with E-state index < -0.39 is 0 Å². The zero-order valence-electron chi connectivity index (χ0n) is 8.73. The van der Waals surface area contributed by atoms with Gasteiger partial charge in [-0.25, -0.2) is 0 Å². The third kappa shape index (κ3) is 2.15. The summed E-state index contributed by atoms with van der Waals surface area (Å²) in [6, 6.07) is 7.68. The maximum Gasteiger partial charge on any atom is 0.193 e. The second-order valence-corrected chi connectivity index (χ2v) is 3.32. The molecule has 0 saturated carbocycles. The van der Waals surface area contributed by atoms with Crippen LogP contribution in [-0.4, -0.2) is 20.6 Å². The first-order chi connectivity index (χ1) is 7.79. The summed E-state index contributed by atoms with van der Waals surface area (Å²) < 4.78 is 0. The fraction of sp³-hybridized carbons (Fsp3) is 0.200. The van der Waals surface area contributed by atoms with Gasteiger partial charge in [0.2, 0.25) is 0 Å². The molecule has 0 amide bonds. The maximum absolute atomic E-state index is 8.79. The third-order valence-electron chi connectivity index (χ3n) is 2.19. The number of H-pyrrole nitrogens is 1. The summed E-state index contributed by atoms with van der Waals surface area (Å²) in [5.74, 6) is 0.599. The largest absolute Gasteiger partial charge is 0.378 e. The third-order valence-corrected chi connectivity index (χ3v) is 2.19. The van der Waals surface area contributed by atoms with E-state index in [4.69, 9.17) is 5.26 Å². The lowest BCUT2D eigenvalue weighted by atomic mass is 10.1. The number of aromatic amines is 1. The van der Waals surface area contributed by atoms with E-state index in [0.717, 1.165) is 11.3 Å². The van der Waals surface area contributed by atoms with E-state index >= 15 is 0 Å². The number of tetrazole rings is 1. The molecule has 6 nitrogen and oxygen atoms in total. The van der Waals surface area contributed by atoms with Crippen LogP contribution in [0.15, 0.2) is 18.2 Å². The van der Waals surface area contributed by atoms with E-state index in [1.54, 1.807) is 6.07 Å². The van der Waals surface area contributed by atoms with Crippen LogP contribution < -0.4 is 5.32 Å². The molecule has 0 fully saturated rings. The van der Waals surface area contributed by atoms with Crippen LogP contribution in [0.2, 0.25) is 0 Å². The molecular weight excluding hydrogens is 204 g/mol. The SMILES string of the molecule is Cc1cc(NCc2nn[nH]n2)ccc1C#N. The van der Waals surface area contributed by atoms with Crippen molar-refractivity contribution in [2.75, 3.05) is 5.32 Å². The molecule has 2 rings (SSSR count). The molecule has 0 aliphatic carbocycles. The van der Waals surface area contributed by atoms with Crippen molar-refractivity contribution in [1.82, 2.24) is 20.6 Å². The minimum absolute atomic E-state index is 0.502. The standard InChI is InChI=1S/C10H10N6/c1-7-4-9(3-2-8(7)5-11)12-6-10-13-15-16-14-10/h2-4,12H,6H2,1H3,(H,13,14,15,16). The summed E-state index contributed by atoms with van der Waals surface area (Å²) >= 11 is 0. The normalized spacial score (nSPS) is 9.75. The lowest BCUT2D eigenvalue weighted by Gasteiger charge is -2.05. The van der Waals surface area contributed by atoms with Gasteiger partial charge >= 0.3 is 0 Å². The first-order valence-corrected chi connectivity index (χ1v) is 4.76. The quantitative estimate of drug-likeness (QED) is 0.795. The molecule has 0 spiro atoms. The van der Waals surface area contributed by atoms with E-state index in [0.29, 0.717) is 17.9 Å². The smallest absolute Gasteiger partial charge is 0.193 e. The predicted molar refractivity (Wildman–Crippen MR) is 57.4 cm³/mol. The minimum Gasteiger partial charge on any atom is -0.378 e. The van der Waals surface area contributed by atoms with Crippen molar-refractivity contribution < 1.29 is 0 Å². The van der Waals surface area contributed by atoms with Gasteiger partial charge in [0.15, 0.2) is 5.82 Å². The summed E-state index contributed by atoms with van der Waals surface area (Å²) in [7, 11) is 0. The number of rotatable bonds is 3. The number of hydrogen-bond acceptors (Lipinski definition) is 5. The van der Waals surface area contributed by atoms with Crippen molar-refractivity contribution in [1.29, 1.82) is 5.26 Å². The van der Waals surface area contributed by atoms with Crippen molar-refractivity contribution in [3.63, 3.8) is 0 Å². The highest BCUT2D eigenvalue weighted by atomic mass is 15.5. The lowest BCUT2D eigenvalue weighted by molar-refractivity contribution is 0.881. The van der Waals surface area contributed by atoms with Gasteiger partial charge in [0.1, 0.15) is 0 Å². The van der Waals surface area contributed by atoms with Gasteiger partial charge in [0.25, 0.3) is 0 Å². The van der Waals surface area contributed by atoms with Gasteiger partial charge in [0.05, 0.1) is 18.2 Å². The number of nitrogens with zero attached hydrogens (tertiary/aromatic N) is 4. The van der Waals surface area contributed by atoms with E-state index in [9.17, 15) is 0 Å². The fourth-order valence-corrected chi connectivity index (χ4v) is 1.34. The van der Waals surface area contributed by atoms with Crippen molar-refractivity contribution in [2.45, 2.75) is 13.5 Å². The van der Waals surface area contributed by atoms with Gasteiger partial charge in [-0.05, 0) is 30.7 Å². The zero-order chi connectivity index (χ0) is 11.4. The average Bonchev–Trinajstić information content (AvgIpc) is 2.79. The van der Waals surface area contributed by atoms with Crippen LogP contribution in [0.1, 0.15) is 17.0 Å². The summed E-state index contributed by atoms with van der Waals surface area (Å²) in [4.78, 5) is 0. The van der Waals surface area contributed by atoms with Gasteiger partial charge in [-0.15, -0.1) is 10.2 Å². The molecule has 2 aromatic rings. The molecule has 0 radical (unpaired) electrons. The molecule has 1 aromatic heterocycles. The van der Waals surface area contributed by atoms with E-state index in [1.807, 2.05) is 19.1 Å². The topological polar surface area (TPSA) is 90.3 Å². The van der Waals surface area contributed by atoms with Crippen LogP contribution in [0.25, 0.3) is 0 Å². The maximum atomic E-state index is 8.79. The monoisotopic (exact) mass is 214 g/mol. The summed E-state index contributed by atoms with van der Waals surface area (Å²) in [6.45, 7) is 2.40. The summed E-state index contributed by atoms with van der Waals surface area (Å²) in [5.41, 5.74) is 2.56. The van der Waals surface area contributed by atoms with Crippen LogP contribution in [0.4, 0.5) is 5.69 Å². The first-order valence-electron chi connectivity index (χ1n) is 4.76. The van der Waals surface area contributed by atoms with Gasteiger partial charge in [-0.3, -0.25) is 0 Å². The molecule has 2 N–H and O–H groups in total. The number of benzene rings is 1. The Morgan fingerprint density at radius 1 is 1.50 bits per heavy atom. The Kier molecular flexibility index (Phi) is 2.78. The van der Waals surface area contributed by atoms with E-state index in [2.05, 4.69) is 32.0 Å². The summed E-state index contributed by atoms with van der Waals surface area (Å²) in [6.07, 6.45) is 0. The van der Waals surface area contributed by atoms with E-state index in [-0.39, 0.29) is 0 Å². The first kappa shape index (κ1) is 10.1. The fourth-order valence-electron chi connectivity index (χ4n) is 1.34. The number of aryl methyl sites for hydroxylation is 1. The van der Waals surface area contributed by atoms with Crippen molar-refractivity contribution in [3.8, 4) is 6.07 Å². The van der Waals surface area contributed by atoms with Gasteiger partial charge in [0, 0.05) is 5.69 Å². The molecule has 6 heteroatoms. The lowest BCUT2D eigenvalue weighted by Crippen LogP contribution is -2.01. The van der Waals surface area contributed by atoms with Crippen molar-refractivity contribution in [3.05, 3.63) is 35.2 Å². The second-order valence-electron chi connectivity index (χ2n) is 3.32. The average molecular weight is 214 g/mol. The molecule has 0 aliphatic rings. The van der Waals surface area contributed by atoms with Gasteiger partial charge < -0.3 is 5.32 Å². The molecule has 1 heterocycles. The molecule has 0 saturated heterocycles. The Hall–Kier alpha value is -2.42. The highest BCUT2D eigenvalue weighted by molar-refractivity contribution is 5.51. The molecule has 0 atom stereocenters. The second kappa shape index (κ2) is 4.40. The molecular formula is C10H10N6. The Morgan fingerprint density at radius 2 is 2.38 bits per heavy atom. The number of anilines is 1. The molecule has 80 valence electrons. The highest BCUT2D eigenvalue weighted by Crippen LogP contribution is 2.14. The predicted octanol–water partition coefficient (Wildman–Crippen LogP) is 0.992. The van der Waals surface area contributed by atoms with Gasteiger partial charge in [-0.1, -0.05) is 5.21 Å². The zero-order valence-corrected chi connectivity index (χ0v) is 8.73. The molecule has 1 aromatic carbocycles. The number of aromatic nitrogens is 4. The van der Waals surface area contributed by atoms with Crippen LogP contribution in [0.3, 0.4) is 0 Å². The van der Waals surface area contributed by atoms with Crippen LogP contribution >= 0.6 is 0 Å². The van der Waals surface area contributed by atoms with Crippen LogP contribution in [0.5, 0.6) is 0 Å². The number of hydrogen-bond donors (Lipinski definition) is 2. The molecule has 0 aliphatic heterocycles.